The minimum absolute atomic E-state index is 0.0494. The van der Waals surface area contributed by atoms with Crippen LogP contribution in [0.3, 0.4) is 0 Å². The van der Waals surface area contributed by atoms with Crippen molar-refractivity contribution in [1.29, 1.82) is 0 Å². The van der Waals surface area contributed by atoms with Crippen molar-refractivity contribution in [2.75, 3.05) is 7.05 Å². The fourth-order valence-corrected chi connectivity index (χ4v) is 4.59. The lowest BCUT2D eigenvalue weighted by Crippen LogP contribution is -2.44. The SMILES string of the molecule is Cc1ccccc1-n1cc(CN(C)C(=O)CC[C@@]2(Cc3ccc(Cl)cc3)CCC(=O)N2)cn1. The summed E-state index contributed by atoms with van der Waals surface area (Å²) in [5.41, 5.74) is 3.85. The second-order valence-electron chi connectivity index (χ2n) is 8.96. The molecule has 0 bridgehead atoms. The van der Waals surface area contributed by atoms with Crippen molar-refractivity contribution in [3.63, 3.8) is 0 Å². The number of nitrogens with one attached hydrogen (secondary N) is 1. The van der Waals surface area contributed by atoms with E-state index in [0.29, 0.717) is 37.3 Å². The van der Waals surface area contributed by atoms with Crippen LogP contribution in [0.4, 0.5) is 0 Å². The molecule has 1 aliphatic rings. The number of para-hydroxylation sites is 1. The van der Waals surface area contributed by atoms with Gasteiger partial charge in [-0.2, -0.15) is 5.10 Å². The van der Waals surface area contributed by atoms with Crippen molar-refractivity contribution < 1.29 is 9.59 Å². The first-order chi connectivity index (χ1) is 15.8. The van der Waals surface area contributed by atoms with Crippen molar-refractivity contribution in [1.82, 2.24) is 20.0 Å². The highest BCUT2D eigenvalue weighted by Crippen LogP contribution is 2.30. The zero-order chi connectivity index (χ0) is 23.4. The molecule has 2 amide bonds. The summed E-state index contributed by atoms with van der Waals surface area (Å²) in [6, 6.07) is 15.7. The lowest BCUT2D eigenvalue weighted by Gasteiger charge is -2.30. The van der Waals surface area contributed by atoms with Crippen LogP contribution in [0.5, 0.6) is 0 Å². The number of aryl methyl sites for hydroxylation is 1. The topological polar surface area (TPSA) is 67.2 Å². The number of nitrogens with zero attached hydrogens (tertiary/aromatic N) is 3. The van der Waals surface area contributed by atoms with Gasteiger partial charge in [-0.25, -0.2) is 4.68 Å². The zero-order valence-electron chi connectivity index (χ0n) is 19.1. The van der Waals surface area contributed by atoms with Crippen LogP contribution in [0, 0.1) is 6.92 Å². The Kier molecular flexibility index (Phi) is 6.84. The van der Waals surface area contributed by atoms with Crippen LogP contribution in [-0.2, 0) is 22.6 Å². The highest BCUT2D eigenvalue weighted by atomic mass is 35.5. The Labute approximate surface area is 199 Å². The summed E-state index contributed by atoms with van der Waals surface area (Å²) in [7, 11) is 1.81. The van der Waals surface area contributed by atoms with Gasteiger partial charge in [-0.05, 0) is 55.5 Å². The van der Waals surface area contributed by atoms with Crippen molar-refractivity contribution in [2.45, 2.75) is 51.1 Å². The molecule has 4 rings (SSSR count). The van der Waals surface area contributed by atoms with Crippen LogP contribution in [0.1, 0.15) is 42.4 Å². The highest BCUT2D eigenvalue weighted by Gasteiger charge is 2.38. The fraction of sp³-hybridized carbons (Fsp3) is 0.346. The van der Waals surface area contributed by atoms with E-state index in [0.717, 1.165) is 28.8 Å². The largest absolute Gasteiger partial charge is 0.350 e. The van der Waals surface area contributed by atoms with Crippen LogP contribution in [0.25, 0.3) is 5.69 Å². The van der Waals surface area contributed by atoms with Crippen LogP contribution in [0.15, 0.2) is 60.9 Å². The Morgan fingerprint density at radius 1 is 1.18 bits per heavy atom. The molecule has 1 saturated heterocycles. The van der Waals surface area contributed by atoms with Gasteiger partial charge in [0.15, 0.2) is 0 Å². The second kappa shape index (κ2) is 9.79. The first-order valence-electron chi connectivity index (χ1n) is 11.2. The van der Waals surface area contributed by atoms with Crippen LogP contribution in [-0.4, -0.2) is 39.1 Å². The maximum Gasteiger partial charge on any atom is 0.222 e. The van der Waals surface area contributed by atoms with E-state index in [1.807, 2.05) is 73.4 Å². The Balaban J connectivity index is 1.37. The van der Waals surface area contributed by atoms with Crippen LogP contribution in [0.2, 0.25) is 5.02 Å². The van der Waals surface area contributed by atoms with Gasteiger partial charge >= 0.3 is 0 Å². The molecule has 0 aliphatic carbocycles. The van der Waals surface area contributed by atoms with Crippen molar-refractivity contribution in [3.8, 4) is 5.69 Å². The molecule has 0 unspecified atom stereocenters. The average molecular weight is 465 g/mol. The van der Waals surface area contributed by atoms with E-state index >= 15 is 0 Å². The van der Waals surface area contributed by atoms with E-state index in [1.54, 1.807) is 11.1 Å². The predicted octanol–water partition coefficient (Wildman–Crippen LogP) is 4.46. The first-order valence-corrected chi connectivity index (χ1v) is 11.6. The molecule has 33 heavy (non-hydrogen) atoms. The lowest BCUT2D eigenvalue weighted by molar-refractivity contribution is -0.131. The van der Waals surface area contributed by atoms with E-state index in [9.17, 15) is 9.59 Å². The van der Waals surface area contributed by atoms with E-state index in [-0.39, 0.29) is 11.8 Å². The first kappa shape index (κ1) is 23.1. The van der Waals surface area contributed by atoms with Crippen LogP contribution >= 0.6 is 11.6 Å². The molecule has 6 nitrogen and oxygen atoms in total. The third-order valence-corrected chi connectivity index (χ3v) is 6.60. The number of benzene rings is 2. The zero-order valence-corrected chi connectivity index (χ0v) is 19.8. The minimum Gasteiger partial charge on any atom is -0.350 e. The van der Waals surface area contributed by atoms with Gasteiger partial charge in [-0.15, -0.1) is 0 Å². The number of hydrogen-bond acceptors (Lipinski definition) is 3. The molecule has 2 aromatic carbocycles. The van der Waals surface area contributed by atoms with Crippen LogP contribution < -0.4 is 5.32 Å². The van der Waals surface area contributed by atoms with Crippen molar-refractivity contribution in [2.24, 2.45) is 0 Å². The van der Waals surface area contributed by atoms with Gasteiger partial charge in [0.05, 0.1) is 11.9 Å². The highest BCUT2D eigenvalue weighted by molar-refractivity contribution is 6.30. The van der Waals surface area contributed by atoms with Gasteiger partial charge in [0.1, 0.15) is 0 Å². The smallest absolute Gasteiger partial charge is 0.222 e. The molecule has 172 valence electrons. The Morgan fingerprint density at radius 2 is 1.94 bits per heavy atom. The summed E-state index contributed by atoms with van der Waals surface area (Å²) < 4.78 is 1.85. The van der Waals surface area contributed by atoms with E-state index in [2.05, 4.69) is 10.4 Å². The fourth-order valence-electron chi connectivity index (χ4n) is 4.47. The summed E-state index contributed by atoms with van der Waals surface area (Å²) in [4.78, 5) is 26.7. The summed E-state index contributed by atoms with van der Waals surface area (Å²) in [6.07, 6.45) is 6.66. The van der Waals surface area contributed by atoms with Gasteiger partial charge in [-0.3, -0.25) is 9.59 Å². The monoisotopic (exact) mass is 464 g/mol. The summed E-state index contributed by atoms with van der Waals surface area (Å²) in [6.45, 7) is 2.54. The molecular weight excluding hydrogens is 436 g/mol. The number of halogens is 1. The molecule has 1 fully saturated rings. The van der Waals surface area contributed by atoms with Gasteiger partial charge in [-0.1, -0.05) is 41.9 Å². The second-order valence-corrected chi connectivity index (χ2v) is 9.40. The predicted molar refractivity (Wildman–Crippen MR) is 129 cm³/mol. The molecule has 0 radical (unpaired) electrons. The average Bonchev–Trinajstić information content (AvgIpc) is 3.41. The number of aromatic nitrogens is 2. The maximum atomic E-state index is 12.9. The molecule has 1 atom stereocenters. The molecule has 7 heteroatoms. The normalized spacial score (nSPS) is 17.7. The molecule has 0 saturated carbocycles. The minimum atomic E-state index is -0.392. The number of carbonyl (C=O) groups excluding carboxylic acids is 2. The van der Waals surface area contributed by atoms with E-state index < -0.39 is 5.54 Å². The maximum absolute atomic E-state index is 12.9. The lowest BCUT2D eigenvalue weighted by atomic mass is 9.85. The van der Waals surface area contributed by atoms with Gasteiger partial charge < -0.3 is 10.2 Å². The van der Waals surface area contributed by atoms with Gasteiger partial charge in [0, 0.05) is 48.8 Å². The Bertz CT molecular complexity index is 1140. The summed E-state index contributed by atoms with van der Waals surface area (Å²) in [5, 5.41) is 8.29. The molecule has 1 N–H and O–H groups in total. The van der Waals surface area contributed by atoms with E-state index in [4.69, 9.17) is 11.6 Å². The molecule has 3 aromatic rings. The quantitative estimate of drug-likeness (QED) is 0.535. The third-order valence-electron chi connectivity index (χ3n) is 6.35. The Hall–Kier alpha value is -3.12. The molecular formula is C26H29ClN4O2. The number of rotatable bonds is 8. The molecule has 1 aromatic heterocycles. The molecule has 2 heterocycles. The molecule has 1 aliphatic heterocycles. The number of hydrogen-bond donors (Lipinski definition) is 1. The standard InChI is InChI=1S/C26H29ClN4O2/c1-19-5-3-4-6-23(19)31-18-21(16-28-31)17-30(2)25(33)12-14-26(13-11-24(32)29-26)15-20-7-9-22(27)10-8-20/h3-10,16,18H,11-15,17H2,1-2H3,(H,29,32)/t26-/m1/s1. The third kappa shape index (κ3) is 5.63. The van der Waals surface area contributed by atoms with Gasteiger partial charge in [0.2, 0.25) is 11.8 Å². The number of amides is 2. The van der Waals surface area contributed by atoms with Crippen molar-refractivity contribution in [3.05, 3.63) is 82.6 Å². The van der Waals surface area contributed by atoms with Gasteiger partial charge in [0.25, 0.3) is 0 Å². The summed E-state index contributed by atoms with van der Waals surface area (Å²) in [5.74, 6) is 0.101. The Morgan fingerprint density at radius 3 is 2.64 bits per heavy atom. The van der Waals surface area contributed by atoms with E-state index in [1.165, 1.54) is 0 Å². The number of carbonyl (C=O) groups is 2. The van der Waals surface area contributed by atoms with Crippen molar-refractivity contribution >= 4 is 23.4 Å². The summed E-state index contributed by atoms with van der Waals surface area (Å²) >= 11 is 6.01. The molecule has 0 spiro atoms.